The Balaban J connectivity index is 1.84. The highest BCUT2D eigenvalue weighted by Crippen LogP contribution is 2.24. The number of nitrogens with zero attached hydrogens (tertiary/aromatic N) is 2. The Labute approximate surface area is 131 Å². The maximum absolute atomic E-state index is 12.3. The predicted molar refractivity (Wildman–Crippen MR) is 77.8 cm³/mol. The number of carbonyl (C=O) groups is 3. The number of amides is 2. The third kappa shape index (κ3) is 2.50. The molecule has 0 spiro atoms. The molecule has 0 atom stereocenters. The molecule has 0 fully saturated rings. The number of carbonyl (C=O) groups excluding carboxylic acids is 3. The maximum atomic E-state index is 12.3. The van der Waals surface area contributed by atoms with Gasteiger partial charge in [-0.25, -0.2) is 9.78 Å². The molecular formula is C16H14N2O5. The first-order valence-electron chi connectivity index (χ1n) is 7.11. The van der Waals surface area contributed by atoms with Crippen LogP contribution in [-0.2, 0) is 11.3 Å². The summed E-state index contributed by atoms with van der Waals surface area (Å²) in [5.74, 6) is -1.00. The molecule has 2 aromatic rings. The number of hydrogen-bond donors (Lipinski definition) is 0. The van der Waals surface area contributed by atoms with Gasteiger partial charge in [0.25, 0.3) is 11.8 Å². The van der Waals surface area contributed by atoms with E-state index in [2.05, 4.69) is 4.98 Å². The first kappa shape index (κ1) is 15.0. The molecule has 118 valence electrons. The highest BCUT2D eigenvalue weighted by atomic mass is 16.5. The van der Waals surface area contributed by atoms with E-state index in [0.717, 1.165) is 4.90 Å². The molecule has 0 radical (unpaired) electrons. The number of oxazole rings is 1. The van der Waals surface area contributed by atoms with E-state index in [1.165, 1.54) is 0 Å². The number of imide groups is 1. The van der Waals surface area contributed by atoms with Gasteiger partial charge in [-0.15, -0.1) is 0 Å². The van der Waals surface area contributed by atoms with Crippen LogP contribution in [-0.4, -0.2) is 34.3 Å². The lowest BCUT2D eigenvalue weighted by molar-refractivity contribution is 0.0517. The molecule has 0 unspecified atom stereocenters. The lowest BCUT2D eigenvalue weighted by Crippen LogP contribution is -2.29. The van der Waals surface area contributed by atoms with Gasteiger partial charge in [0.15, 0.2) is 5.69 Å². The van der Waals surface area contributed by atoms with E-state index in [4.69, 9.17) is 9.15 Å². The lowest BCUT2D eigenvalue weighted by Gasteiger charge is -2.10. The minimum absolute atomic E-state index is 0.0541. The summed E-state index contributed by atoms with van der Waals surface area (Å²) >= 11 is 0. The summed E-state index contributed by atoms with van der Waals surface area (Å²) in [5, 5.41) is 0. The predicted octanol–water partition coefficient (Wildman–Crippen LogP) is 1.96. The van der Waals surface area contributed by atoms with Crippen LogP contribution in [0.3, 0.4) is 0 Å². The number of aryl methyl sites for hydroxylation is 1. The quantitative estimate of drug-likeness (QED) is 0.633. The van der Waals surface area contributed by atoms with Crippen LogP contribution in [0.2, 0.25) is 0 Å². The molecule has 0 saturated carbocycles. The van der Waals surface area contributed by atoms with Crippen molar-refractivity contribution in [3.8, 4) is 0 Å². The van der Waals surface area contributed by atoms with Gasteiger partial charge in [-0.3, -0.25) is 14.5 Å². The summed E-state index contributed by atoms with van der Waals surface area (Å²) < 4.78 is 10.3. The van der Waals surface area contributed by atoms with Gasteiger partial charge in [-0.05, 0) is 26.0 Å². The van der Waals surface area contributed by atoms with E-state index >= 15 is 0 Å². The molecule has 7 heteroatoms. The Morgan fingerprint density at radius 2 is 1.83 bits per heavy atom. The Morgan fingerprint density at radius 1 is 1.22 bits per heavy atom. The molecule has 1 aliphatic heterocycles. The first-order chi connectivity index (χ1) is 11.0. The topological polar surface area (TPSA) is 89.7 Å². The Kier molecular flexibility index (Phi) is 3.69. The van der Waals surface area contributed by atoms with Crippen LogP contribution in [0, 0.1) is 6.92 Å². The molecular weight excluding hydrogens is 300 g/mol. The molecule has 3 rings (SSSR count). The van der Waals surface area contributed by atoms with Crippen LogP contribution in [0.5, 0.6) is 0 Å². The van der Waals surface area contributed by atoms with E-state index in [9.17, 15) is 14.4 Å². The zero-order chi connectivity index (χ0) is 16.6. The number of esters is 1. The molecule has 7 nitrogen and oxygen atoms in total. The monoisotopic (exact) mass is 314 g/mol. The fourth-order valence-electron chi connectivity index (χ4n) is 2.43. The van der Waals surface area contributed by atoms with Crippen LogP contribution in [0.25, 0.3) is 0 Å². The molecule has 0 saturated heterocycles. The number of hydrogen-bond acceptors (Lipinski definition) is 6. The summed E-state index contributed by atoms with van der Waals surface area (Å²) in [5.41, 5.74) is 0.760. The largest absolute Gasteiger partial charge is 0.461 e. The third-order valence-electron chi connectivity index (χ3n) is 3.48. The van der Waals surface area contributed by atoms with E-state index in [1.54, 1.807) is 38.1 Å². The van der Waals surface area contributed by atoms with Crippen molar-refractivity contribution < 1.29 is 23.5 Å². The minimum atomic E-state index is -0.595. The van der Waals surface area contributed by atoms with Crippen molar-refractivity contribution in [2.75, 3.05) is 6.61 Å². The lowest BCUT2D eigenvalue weighted by atomic mass is 10.1. The molecule has 0 bridgehead atoms. The third-order valence-corrected chi connectivity index (χ3v) is 3.48. The second kappa shape index (κ2) is 5.68. The first-order valence-corrected chi connectivity index (χ1v) is 7.11. The maximum Gasteiger partial charge on any atom is 0.360 e. The van der Waals surface area contributed by atoms with Crippen molar-refractivity contribution in [2.24, 2.45) is 0 Å². The molecule has 0 N–H and O–H groups in total. The number of fused-ring (bicyclic) bond motifs is 1. The van der Waals surface area contributed by atoms with Gasteiger partial charge in [0.05, 0.1) is 17.7 Å². The van der Waals surface area contributed by atoms with Crippen LogP contribution < -0.4 is 0 Å². The average Bonchev–Trinajstić information content (AvgIpc) is 3.02. The fraction of sp³-hybridized carbons (Fsp3) is 0.250. The van der Waals surface area contributed by atoms with Gasteiger partial charge in [0.1, 0.15) is 12.3 Å². The van der Waals surface area contributed by atoms with Gasteiger partial charge in [-0.2, -0.15) is 0 Å². The Bertz CT molecular complexity index is 774. The van der Waals surface area contributed by atoms with Crippen molar-refractivity contribution in [1.29, 1.82) is 0 Å². The molecule has 1 aliphatic rings. The Morgan fingerprint density at radius 3 is 2.39 bits per heavy atom. The highest BCUT2D eigenvalue weighted by molar-refractivity contribution is 6.21. The summed E-state index contributed by atoms with van der Waals surface area (Å²) in [4.78, 5) is 41.4. The number of benzene rings is 1. The van der Waals surface area contributed by atoms with Gasteiger partial charge in [-0.1, -0.05) is 12.1 Å². The van der Waals surface area contributed by atoms with Crippen LogP contribution in [0.4, 0.5) is 0 Å². The summed E-state index contributed by atoms with van der Waals surface area (Å²) in [6.45, 7) is 3.35. The smallest absolute Gasteiger partial charge is 0.360 e. The van der Waals surface area contributed by atoms with E-state index in [1.807, 2.05) is 0 Å². The van der Waals surface area contributed by atoms with Crippen molar-refractivity contribution in [3.05, 3.63) is 52.7 Å². The van der Waals surface area contributed by atoms with Crippen LogP contribution in [0.15, 0.2) is 28.7 Å². The SMILES string of the molecule is CCOC(=O)c1nc(CN2C(=O)c3ccccc3C2=O)oc1C. The zero-order valence-electron chi connectivity index (χ0n) is 12.7. The summed E-state index contributed by atoms with van der Waals surface area (Å²) in [6.07, 6.45) is 0. The van der Waals surface area contributed by atoms with E-state index in [0.29, 0.717) is 11.1 Å². The summed E-state index contributed by atoms with van der Waals surface area (Å²) in [6, 6.07) is 6.59. The van der Waals surface area contributed by atoms with Crippen molar-refractivity contribution in [1.82, 2.24) is 9.88 Å². The standard InChI is InChI=1S/C16H14N2O5/c1-3-22-16(21)13-9(2)23-12(17-13)8-18-14(19)10-6-4-5-7-11(10)15(18)20/h4-7H,3,8H2,1-2H3. The second-order valence-electron chi connectivity index (χ2n) is 4.97. The second-order valence-corrected chi connectivity index (χ2v) is 4.97. The van der Waals surface area contributed by atoms with Crippen molar-refractivity contribution >= 4 is 17.8 Å². The molecule has 2 heterocycles. The average molecular weight is 314 g/mol. The molecule has 2 amide bonds. The summed E-state index contributed by atoms with van der Waals surface area (Å²) in [7, 11) is 0. The molecule has 23 heavy (non-hydrogen) atoms. The van der Waals surface area contributed by atoms with Crippen LogP contribution in [0.1, 0.15) is 49.8 Å². The van der Waals surface area contributed by atoms with Gasteiger partial charge in [0.2, 0.25) is 5.89 Å². The van der Waals surface area contributed by atoms with E-state index in [-0.39, 0.29) is 30.5 Å². The van der Waals surface area contributed by atoms with Gasteiger partial charge >= 0.3 is 5.97 Å². The van der Waals surface area contributed by atoms with Gasteiger partial charge in [0, 0.05) is 0 Å². The molecule has 0 aliphatic carbocycles. The van der Waals surface area contributed by atoms with Crippen molar-refractivity contribution in [2.45, 2.75) is 20.4 Å². The minimum Gasteiger partial charge on any atom is -0.461 e. The normalized spacial score (nSPS) is 13.4. The van der Waals surface area contributed by atoms with Crippen LogP contribution >= 0.6 is 0 Å². The highest BCUT2D eigenvalue weighted by Gasteiger charge is 2.36. The fourth-order valence-corrected chi connectivity index (χ4v) is 2.43. The van der Waals surface area contributed by atoms with Gasteiger partial charge < -0.3 is 9.15 Å². The molecule has 1 aromatic heterocycles. The number of aromatic nitrogens is 1. The van der Waals surface area contributed by atoms with E-state index < -0.39 is 17.8 Å². The number of ether oxygens (including phenoxy) is 1. The Hall–Kier alpha value is -2.96. The van der Waals surface area contributed by atoms with Crippen molar-refractivity contribution in [3.63, 3.8) is 0 Å². The zero-order valence-corrected chi connectivity index (χ0v) is 12.7. The number of rotatable bonds is 4. The molecule has 1 aromatic carbocycles.